The number of ether oxygens (including phenoxy) is 1. The van der Waals surface area contributed by atoms with E-state index in [2.05, 4.69) is 0 Å². The normalized spacial score (nSPS) is 23.9. The highest BCUT2D eigenvalue weighted by molar-refractivity contribution is 7.86. The van der Waals surface area contributed by atoms with Crippen LogP contribution >= 0.6 is 0 Å². The maximum atomic E-state index is 13.6. The van der Waals surface area contributed by atoms with Gasteiger partial charge in [0, 0.05) is 12.3 Å². The molecular formula is C20H35F3O7S. The zero-order valence-electron chi connectivity index (χ0n) is 18.5. The molecule has 0 aliphatic heterocycles. The summed E-state index contributed by atoms with van der Waals surface area (Å²) in [6.45, 7) is 6.45. The van der Waals surface area contributed by atoms with Gasteiger partial charge in [-0.15, -0.1) is 0 Å². The first-order chi connectivity index (χ1) is 14.1. The molecule has 0 spiro atoms. The van der Waals surface area contributed by atoms with E-state index in [0.717, 1.165) is 0 Å². The first-order valence-electron chi connectivity index (χ1n) is 10.7. The average molecular weight is 477 g/mol. The number of alkyl halides is 3. The highest BCUT2D eigenvalue weighted by Crippen LogP contribution is 2.53. The van der Waals surface area contributed by atoms with E-state index in [9.17, 15) is 36.6 Å². The lowest BCUT2D eigenvalue weighted by atomic mass is 9.54. The third-order valence-electron chi connectivity index (χ3n) is 6.93. The number of aliphatic hydroxyl groups is 2. The molecule has 1 aliphatic carbocycles. The van der Waals surface area contributed by atoms with Gasteiger partial charge in [-0.1, -0.05) is 27.7 Å². The molecule has 0 bridgehead atoms. The average Bonchev–Trinajstić information content (AvgIpc) is 2.69. The quantitative estimate of drug-likeness (QED) is 0.275. The summed E-state index contributed by atoms with van der Waals surface area (Å²) in [7, 11) is -5.93. The van der Waals surface area contributed by atoms with E-state index >= 15 is 0 Å². The van der Waals surface area contributed by atoms with Crippen LogP contribution in [-0.2, 0) is 19.6 Å². The molecular weight excluding hydrogens is 441 g/mol. The minimum Gasteiger partial charge on any atom is -0.465 e. The van der Waals surface area contributed by atoms with Gasteiger partial charge in [-0.3, -0.25) is 9.35 Å². The predicted octanol–water partition coefficient (Wildman–Crippen LogP) is 3.48. The molecule has 1 fully saturated rings. The molecule has 1 saturated carbocycles. The van der Waals surface area contributed by atoms with Gasteiger partial charge in [0.25, 0.3) is 0 Å². The van der Waals surface area contributed by atoms with Crippen molar-refractivity contribution in [1.82, 2.24) is 0 Å². The molecule has 0 aromatic heterocycles. The molecule has 4 unspecified atom stereocenters. The van der Waals surface area contributed by atoms with Crippen molar-refractivity contribution in [3.8, 4) is 0 Å². The summed E-state index contributed by atoms with van der Waals surface area (Å²) in [6.07, 6.45) is -1.89. The van der Waals surface area contributed by atoms with Crippen molar-refractivity contribution >= 4 is 16.1 Å². The van der Waals surface area contributed by atoms with Gasteiger partial charge in [-0.25, -0.2) is 4.39 Å². The highest BCUT2D eigenvalue weighted by atomic mass is 32.2. The number of esters is 1. The summed E-state index contributed by atoms with van der Waals surface area (Å²) in [5.74, 6) is -2.20. The molecule has 1 aliphatic rings. The van der Waals surface area contributed by atoms with E-state index < -0.39 is 63.6 Å². The van der Waals surface area contributed by atoms with Crippen LogP contribution in [0, 0.1) is 17.8 Å². The molecule has 7 nitrogen and oxygen atoms in total. The first-order valence-corrected chi connectivity index (χ1v) is 12.2. The van der Waals surface area contributed by atoms with Crippen LogP contribution in [0.4, 0.5) is 13.2 Å². The van der Waals surface area contributed by atoms with Crippen molar-refractivity contribution in [1.29, 1.82) is 0 Å². The van der Waals surface area contributed by atoms with Crippen LogP contribution in [0.1, 0.15) is 72.6 Å². The van der Waals surface area contributed by atoms with Gasteiger partial charge in [0.15, 0.2) is 6.17 Å². The third kappa shape index (κ3) is 6.11. The van der Waals surface area contributed by atoms with Gasteiger partial charge in [0.1, 0.15) is 0 Å². The third-order valence-corrected chi connectivity index (χ3v) is 7.87. The second-order valence-electron chi connectivity index (χ2n) is 8.53. The molecule has 0 radical (unpaired) electrons. The van der Waals surface area contributed by atoms with Crippen molar-refractivity contribution in [3.63, 3.8) is 0 Å². The van der Waals surface area contributed by atoms with Crippen LogP contribution in [-0.4, -0.2) is 58.4 Å². The summed E-state index contributed by atoms with van der Waals surface area (Å²) >= 11 is 0. The van der Waals surface area contributed by atoms with Crippen molar-refractivity contribution in [2.24, 2.45) is 17.8 Å². The lowest BCUT2D eigenvalue weighted by Crippen LogP contribution is -2.56. The van der Waals surface area contributed by atoms with Crippen LogP contribution in [0.15, 0.2) is 0 Å². The molecule has 0 aromatic carbocycles. The molecule has 11 heteroatoms. The number of hydrogen-bond acceptors (Lipinski definition) is 6. The maximum Gasteiger partial charge on any atom is 0.400 e. The molecule has 184 valence electrons. The largest absolute Gasteiger partial charge is 0.465 e. The Morgan fingerprint density at radius 1 is 1.10 bits per heavy atom. The Labute approximate surface area is 182 Å². The lowest BCUT2D eigenvalue weighted by molar-refractivity contribution is -0.183. The van der Waals surface area contributed by atoms with Crippen LogP contribution < -0.4 is 0 Å². The van der Waals surface area contributed by atoms with Gasteiger partial charge in [0.05, 0.1) is 23.7 Å². The topological polar surface area (TPSA) is 121 Å². The summed E-state index contributed by atoms with van der Waals surface area (Å²) in [4.78, 5) is 12.5. The van der Waals surface area contributed by atoms with Crippen LogP contribution in [0.5, 0.6) is 0 Å². The zero-order chi connectivity index (χ0) is 24.3. The van der Waals surface area contributed by atoms with Crippen LogP contribution in [0.25, 0.3) is 0 Å². The molecule has 0 amide bonds. The van der Waals surface area contributed by atoms with Crippen LogP contribution in [0.3, 0.4) is 0 Å². The van der Waals surface area contributed by atoms with E-state index in [1.54, 1.807) is 13.8 Å². The van der Waals surface area contributed by atoms with E-state index in [1.807, 2.05) is 13.8 Å². The Bertz CT molecular complexity index is 706. The number of rotatable bonds is 13. The molecule has 0 aromatic rings. The fourth-order valence-corrected chi connectivity index (χ4v) is 4.91. The van der Waals surface area contributed by atoms with Crippen molar-refractivity contribution in [2.45, 2.75) is 95.3 Å². The molecule has 1 rings (SSSR count). The van der Waals surface area contributed by atoms with Gasteiger partial charge in [-0.05, 0) is 44.4 Å². The second-order valence-corrected chi connectivity index (χ2v) is 10.0. The zero-order valence-corrected chi connectivity index (χ0v) is 19.3. The van der Waals surface area contributed by atoms with E-state index in [0.29, 0.717) is 38.5 Å². The van der Waals surface area contributed by atoms with Gasteiger partial charge in [0.2, 0.25) is 0 Å². The maximum absolute atomic E-state index is 13.6. The molecule has 3 N–H and O–H groups in total. The summed E-state index contributed by atoms with van der Waals surface area (Å²) in [5, 5.41) is 16.7. The fraction of sp³-hybridized carbons (Fsp3) is 0.950. The number of halogens is 3. The lowest BCUT2D eigenvalue weighted by Gasteiger charge is -2.53. The Hall–Kier alpha value is -0.910. The van der Waals surface area contributed by atoms with Crippen molar-refractivity contribution in [2.75, 3.05) is 6.61 Å². The summed E-state index contributed by atoms with van der Waals surface area (Å²) < 4.78 is 74.6. The standard InChI is InChI=1S/C20H35F3O7S/c1-5-18(25,6-2)12-13-11-14(16(13)19(26,7-3)8-4)17(24)30-10-9-15(21)20(22,23)31(27,28)29/h13-16,25-26H,5-12H2,1-4H3,(H,27,28,29). The SMILES string of the molecule is CCC(O)(CC)CC1CC(C(=O)OCCC(F)C(F)(F)S(=O)(=O)O)C1C(O)(CC)CC. The van der Waals surface area contributed by atoms with Crippen LogP contribution in [0.2, 0.25) is 0 Å². The Morgan fingerprint density at radius 2 is 1.61 bits per heavy atom. The molecule has 0 heterocycles. The van der Waals surface area contributed by atoms with Crippen molar-refractivity contribution in [3.05, 3.63) is 0 Å². The minimum atomic E-state index is -5.93. The summed E-state index contributed by atoms with van der Waals surface area (Å²) in [6, 6.07) is 0. The predicted molar refractivity (Wildman–Crippen MR) is 108 cm³/mol. The number of carbonyl (C=O) groups excluding carboxylic acids is 1. The number of carbonyl (C=O) groups is 1. The molecule has 31 heavy (non-hydrogen) atoms. The second kappa shape index (κ2) is 10.4. The Kier molecular flexibility index (Phi) is 9.39. The first kappa shape index (κ1) is 28.1. The number of hydrogen-bond donors (Lipinski definition) is 3. The highest BCUT2D eigenvalue weighted by Gasteiger charge is 2.56. The summed E-state index contributed by atoms with van der Waals surface area (Å²) in [5.41, 5.74) is -2.11. The molecule has 0 saturated heterocycles. The monoisotopic (exact) mass is 476 g/mol. The van der Waals surface area contributed by atoms with E-state index in [-0.39, 0.29) is 5.92 Å². The van der Waals surface area contributed by atoms with E-state index in [1.165, 1.54) is 0 Å². The minimum absolute atomic E-state index is 0.148. The Morgan fingerprint density at radius 3 is 2.03 bits per heavy atom. The van der Waals surface area contributed by atoms with Gasteiger partial charge in [-0.2, -0.15) is 17.2 Å². The fourth-order valence-electron chi connectivity index (χ4n) is 4.47. The van der Waals surface area contributed by atoms with Gasteiger partial charge >= 0.3 is 21.3 Å². The van der Waals surface area contributed by atoms with E-state index in [4.69, 9.17) is 9.29 Å². The smallest absolute Gasteiger partial charge is 0.400 e. The Balaban J connectivity index is 2.84. The van der Waals surface area contributed by atoms with Crippen molar-refractivity contribution < 1.29 is 45.9 Å². The van der Waals surface area contributed by atoms with Gasteiger partial charge < -0.3 is 14.9 Å². The molecule has 4 atom stereocenters.